The Kier molecular flexibility index (Phi) is 4.44. The number of rotatable bonds is 7. The molecule has 0 aliphatic heterocycles. The molecule has 0 radical (unpaired) electrons. The van der Waals surface area contributed by atoms with Gasteiger partial charge in [-0.1, -0.05) is 30.3 Å². The molecule has 0 unspecified atom stereocenters. The maximum atomic E-state index is 5.97. The van der Waals surface area contributed by atoms with Crippen LogP contribution in [0, 0.1) is 5.92 Å². The van der Waals surface area contributed by atoms with Gasteiger partial charge in [-0.15, -0.1) is 0 Å². The molecule has 0 aromatic heterocycles. The van der Waals surface area contributed by atoms with Crippen molar-refractivity contribution in [2.24, 2.45) is 5.92 Å². The summed E-state index contributed by atoms with van der Waals surface area (Å²) in [5.74, 6) is 2.76. The van der Waals surface area contributed by atoms with Crippen LogP contribution in [-0.4, -0.2) is 13.7 Å². The van der Waals surface area contributed by atoms with Crippen LogP contribution in [0.3, 0.4) is 0 Å². The second kappa shape index (κ2) is 6.66. The molecule has 2 aromatic rings. The average molecular weight is 282 g/mol. The van der Waals surface area contributed by atoms with Crippen molar-refractivity contribution in [2.45, 2.75) is 25.7 Å². The van der Waals surface area contributed by atoms with Crippen LogP contribution in [0.25, 0.3) is 0 Å². The second-order valence-corrected chi connectivity index (χ2v) is 5.71. The smallest absolute Gasteiger partial charge is 0.122 e. The molecule has 21 heavy (non-hydrogen) atoms. The number of hydrogen-bond donors (Lipinski definition) is 0. The van der Waals surface area contributed by atoms with Crippen molar-refractivity contribution in [3.63, 3.8) is 0 Å². The summed E-state index contributed by atoms with van der Waals surface area (Å²) in [5, 5.41) is 0. The second-order valence-electron chi connectivity index (χ2n) is 5.71. The first-order chi connectivity index (χ1) is 10.3. The zero-order valence-corrected chi connectivity index (χ0v) is 12.5. The lowest BCUT2D eigenvalue weighted by atomic mass is 10.0. The Bertz CT molecular complexity index is 588. The normalized spacial score (nSPS) is 14.0. The Morgan fingerprint density at radius 2 is 1.86 bits per heavy atom. The van der Waals surface area contributed by atoms with Crippen molar-refractivity contribution in [2.75, 3.05) is 13.7 Å². The largest absolute Gasteiger partial charge is 0.497 e. The standard InChI is InChI=1S/C19H22O2/c1-20-18-7-4-5-15(13-18)11-12-17-6-2-3-8-19(17)21-14-16-9-10-16/h2-8,13,16H,9-12,14H2,1H3. The zero-order valence-electron chi connectivity index (χ0n) is 12.5. The highest BCUT2D eigenvalue weighted by molar-refractivity contribution is 5.35. The summed E-state index contributed by atoms with van der Waals surface area (Å²) in [5.41, 5.74) is 2.59. The summed E-state index contributed by atoms with van der Waals surface area (Å²) < 4.78 is 11.2. The van der Waals surface area contributed by atoms with Crippen LogP contribution < -0.4 is 9.47 Å². The quantitative estimate of drug-likeness (QED) is 0.755. The number of para-hydroxylation sites is 1. The maximum Gasteiger partial charge on any atom is 0.122 e. The lowest BCUT2D eigenvalue weighted by Crippen LogP contribution is -2.02. The Hall–Kier alpha value is -1.96. The first-order valence-electron chi connectivity index (χ1n) is 7.69. The number of benzene rings is 2. The Morgan fingerprint density at radius 1 is 1.00 bits per heavy atom. The van der Waals surface area contributed by atoms with Crippen LogP contribution in [-0.2, 0) is 12.8 Å². The van der Waals surface area contributed by atoms with E-state index in [0.717, 1.165) is 36.9 Å². The van der Waals surface area contributed by atoms with Crippen molar-refractivity contribution in [1.82, 2.24) is 0 Å². The van der Waals surface area contributed by atoms with E-state index >= 15 is 0 Å². The molecule has 0 amide bonds. The van der Waals surface area contributed by atoms with Crippen molar-refractivity contribution < 1.29 is 9.47 Å². The molecule has 0 atom stereocenters. The summed E-state index contributed by atoms with van der Waals surface area (Å²) in [7, 11) is 1.71. The van der Waals surface area contributed by atoms with E-state index in [9.17, 15) is 0 Å². The molecule has 2 aromatic carbocycles. The number of ether oxygens (including phenoxy) is 2. The van der Waals surface area contributed by atoms with Gasteiger partial charge in [0.25, 0.3) is 0 Å². The van der Waals surface area contributed by atoms with Crippen LogP contribution >= 0.6 is 0 Å². The molecule has 0 heterocycles. The molecule has 1 aliphatic rings. The van der Waals surface area contributed by atoms with Crippen molar-refractivity contribution in [3.05, 3.63) is 59.7 Å². The summed E-state index contributed by atoms with van der Waals surface area (Å²) >= 11 is 0. The van der Waals surface area contributed by atoms with E-state index < -0.39 is 0 Å². The fraction of sp³-hybridized carbons (Fsp3) is 0.368. The Balaban J connectivity index is 1.63. The SMILES string of the molecule is COc1cccc(CCc2ccccc2OCC2CC2)c1. The number of hydrogen-bond acceptors (Lipinski definition) is 2. The van der Waals surface area contributed by atoms with Crippen molar-refractivity contribution in [3.8, 4) is 11.5 Å². The molecule has 1 saturated carbocycles. The van der Waals surface area contributed by atoms with Gasteiger partial charge in [-0.05, 0) is 60.9 Å². The molecule has 3 rings (SSSR count). The van der Waals surface area contributed by atoms with Gasteiger partial charge in [0.1, 0.15) is 11.5 Å². The molecular formula is C19H22O2. The van der Waals surface area contributed by atoms with Crippen LogP contribution in [0.4, 0.5) is 0 Å². The topological polar surface area (TPSA) is 18.5 Å². The molecule has 1 aliphatic carbocycles. The monoisotopic (exact) mass is 282 g/mol. The third-order valence-corrected chi connectivity index (χ3v) is 3.96. The van der Waals surface area contributed by atoms with Gasteiger partial charge in [-0.25, -0.2) is 0 Å². The summed E-state index contributed by atoms with van der Waals surface area (Å²) in [4.78, 5) is 0. The van der Waals surface area contributed by atoms with Gasteiger partial charge in [0, 0.05) is 0 Å². The molecule has 1 fully saturated rings. The highest BCUT2D eigenvalue weighted by atomic mass is 16.5. The minimum atomic E-state index is 0.788. The molecule has 2 nitrogen and oxygen atoms in total. The van der Waals surface area contributed by atoms with E-state index in [4.69, 9.17) is 9.47 Å². The van der Waals surface area contributed by atoms with Gasteiger partial charge in [-0.2, -0.15) is 0 Å². The highest BCUT2D eigenvalue weighted by Gasteiger charge is 2.22. The van der Waals surface area contributed by atoms with E-state index in [2.05, 4.69) is 36.4 Å². The van der Waals surface area contributed by atoms with Crippen molar-refractivity contribution >= 4 is 0 Å². The van der Waals surface area contributed by atoms with Gasteiger partial charge in [0.05, 0.1) is 13.7 Å². The Labute approximate surface area is 126 Å². The molecule has 0 bridgehead atoms. The fourth-order valence-corrected chi connectivity index (χ4v) is 2.45. The fourth-order valence-electron chi connectivity index (χ4n) is 2.45. The van der Waals surface area contributed by atoms with Crippen molar-refractivity contribution in [1.29, 1.82) is 0 Å². The summed E-state index contributed by atoms with van der Waals surface area (Å²) in [6.07, 6.45) is 4.65. The van der Waals surface area contributed by atoms with Crippen LogP contribution in [0.15, 0.2) is 48.5 Å². The zero-order chi connectivity index (χ0) is 14.5. The molecule has 110 valence electrons. The molecule has 0 spiro atoms. The molecular weight excluding hydrogens is 260 g/mol. The molecule has 0 saturated heterocycles. The van der Waals surface area contributed by atoms with E-state index in [-0.39, 0.29) is 0 Å². The summed E-state index contributed by atoms with van der Waals surface area (Å²) in [6.45, 7) is 0.871. The minimum Gasteiger partial charge on any atom is -0.497 e. The third kappa shape index (κ3) is 4.01. The van der Waals surface area contributed by atoms with Crippen LogP contribution in [0.1, 0.15) is 24.0 Å². The highest BCUT2D eigenvalue weighted by Crippen LogP contribution is 2.30. The van der Waals surface area contributed by atoms with Gasteiger partial charge in [0.15, 0.2) is 0 Å². The van der Waals surface area contributed by atoms with E-state index in [1.165, 1.54) is 24.0 Å². The Morgan fingerprint density at radius 3 is 2.67 bits per heavy atom. The predicted molar refractivity (Wildman–Crippen MR) is 85.1 cm³/mol. The van der Waals surface area contributed by atoms with Gasteiger partial charge in [0.2, 0.25) is 0 Å². The predicted octanol–water partition coefficient (Wildman–Crippen LogP) is 4.27. The van der Waals surface area contributed by atoms with E-state index in [1.807, 2.05) is 12.1 Å². The van der Waals surface area contributed by atoms with Gasteiger partial charge in [-0.3, -0.25) is 0 Å². The van der Waals surface area contributed by atoms with E-state index in [0.29, 0.717) is 0 Å². The van der Waals surface area contributed by atoms with Gasteiger partial charge < -0.3 is 9.47 Å². The van der Waals surface area contributed by atoms with Crippen LogP contribution in [0.2, 0.25) is 0 Å². The number of methoxy groups -OCH3 is 1. The average Bonchev–Trinajstić information content (AvgIpc) is 3.36. The first-order valence-corrected chi connectivity index (χ1v) is 7.69. The molecule has 0 N–H and O–H groups in total. The minimum absolute atomic E-state index is 0.788. The van der Waals surface area contributed by atoms with E-state index in [1.54, 1.807) is 7.11 Å². The summed E-state index contributed by atoms with van der Waals surface area (Å²) in [6, 6.07) is 16.7. The van der Waals surface area contributed by atoms with Gasteiger partial charge >= 0.3 is 0 Å². The number of aryl methyl sites for hydroxylation is 2. The van der Waals surface area contributed by atoms with Crippen LogP contribution in [0.5, 0.6) is 11.5 Å². The first kappa shape index (κ1) is 14.0. The third-order valence-electron chi connectivity index (χ3n) is 3.96. The maximum absolute atomic E-state index is 5.97. The lowest BCUT2D eigenvalue weighted by Gasteiger charge is -2.11. The molecule has 2 heteroatoms. The lowest BCUT2D eigenvalue weighted by molar-refractivity contribution is 0.297.